The summed E-state index contributed by atoms with van der Waals surface area (Å²) >= 11 is 0. The molecule has 0 bridgehead atoms. The Balaban J connectivity index is 2.40. The Morgan fingerprint density at radius 3 is 3.07 bits per heavy atom. The van der Waals surface area contributed by atoms with Crippen molar-refractivity contribution < 1.29 is 0 Å². The fourth-order valence-electron chi connectivity index (χ4n) is 1.40. The smallest absolute Gasteiger partial charge is 0.152 e. The number of benzene rings is 1. The van der Waals surface area contributed by atoms with Crippen LogP contribution in [0.1, 0.15) is 12.7 Å². The molecule has 0 fully saturated rings. The third kappa shape index (κ3) is 1.96. The minimum atomic E-state index is 0.628. The Morgan fingerprint density at radius 1 is 1.53 bits per heavy atom. The van der Waals surface area contributed by atoms with Crippen LogP contribution in [0.2, 0.25) is 0 Å². The van der Waals surface area contributed by atoms with E-state index in [0.717, 1.165) is 22.6 Å². The second kappa shape index (κ2) is 4.09. The summed E-state index contributed by atoms with van der Waals surface area (Å²) in [6.45, 7) is 6.20. The van der Waals surface area contributed by atoms with E-state index in [2.05, 4.69) is 21.5 Å². The number of aromatic amines is 1. The van der Waals surface area contributed by atoms with E-state index in [1.54, 1.807) is 6.08 Å². The van der Waals surface area contributed by atoms with Gasteiger partial charge in [-0.2, -0.15) is 0 Å². The molecule has 2 aromatic rings. The summed E-state index contributed by atoms with van der Waals surface area (Å²) < 4.78 is 0. The highest BCUT2D eigenvalue weighted by atomic mass is 14.9. The highest BCUT2D eigenvalue weighted by molar-refractivity contribution is 5.98. The van der Waals surface area contributed by atoms with Gasteiger partial charge >= 0.3 is 0 Å². The second-order valence-corrected chi connectivity index (χ2v) is 3.32. The maximum atomic E-state index is 4.44. The van der Waals surface area contributed by atoms with Crippen LogP contribution in [0, 0.1) is 0 Å². The molecule has 0 aliphatic rings. The summed E-state index contributed by atoms with van der Waals surface area (Å²) in [5, 5.41) is 0. The van der Waals surface area contributed by atoms with Crippen LogP contribution < -0.4 is 0 Å². The van der Waals surface area contributed by atoms with Gasteiger partial charge < -0.3 is 4.98 Å². The van der Waals surface area contributed by atoms with E-state index in [1.165, 1.54) is 0 Å². The van der Waals surface area contributed by atoms with Gasteiger partial charge in [0.15, 0.2) is 5.82 Å². The van der Waals surface area contributed by atoms with E-state index < -0.39 is 0 Å². The van der Waals surface area contributed by atoms with Gasteiger partial charge in [-0.1, -0.05) is 18.2 Å². The highest BCUT2D eigenvalue weighted by Gasteiger charge is 2.03. The minimum absolute atomic E-state index is 0.628. The summed E-state index contributed by atoms with van der Waals surface area (Å²) in [4.78, 5) is 12.0. The molecule has 0 amide bonds. The number of hydrogen-bond acceptors (Lipinski definition) is 2. The molecule has 0 saturated heterocycles. The lowest BCUT2D eigenvalue weighted by molar-refractivity contribution is 1.20. The normalized spacial score (nSPS) is 11.9. The Morgan fingerprint density at radius 2 is 2.33 bits per heavy atom. The number of nitrogens with one attached hydrogen (secondary N) is 1. The lowest BCUT2D eigenvalue weighted by Crippen LogP contribution is -1.98. The summed E-state index contributed by atoms with van der Waals surface area (Å²) in [7, 11) is 0. The molecule has 0 aliphatic heterocycles. The van der Waals surface area contributed by atoms with E-state index in [-0.39, 0.29) is 0 Å². The number of para-hydroxylation sites is 2. The predicted octanol–water partition coefficient (Wildman–Crippen LogP) is 2.56. The standard InChI is InChI=1S/C12H13N3/c1-3-8-13-9(2)12-14-10-6-4-5-7-11(10)15-12/h3-7H,1,8H2,2H3,(H,14,15). The van der Waals surface area contributed by atoms with Crippen LogP contribution in [-0.2, 0) is 0 Å². The van der Waals surface area contributed by atoms with Gasteiger partial charge in [0.2, 0.25) is 0 Å². The maximum absolute atomic E-state index is 4.44. The first-order chi connectivity index (χ1) is 7.31. The van der Waals surface area contributed by atoms with Gasteiger partial charge in [0.25, 0.3) is 0 Å². The first-order valence-electron chi connectivity index (χ1n) is 4.88. The van der Waals surface area contributed by atoms with Crippen molar-refractivity contribution in [2.75, 3.05) is 6.54 Å². The molecule has 1 aromatic heterocycles. The number of rotatable bonds is 3. The summed E-state index contributed by atoms with van der Waals surface area (Å²) in [6, 6.07) is 7.95. The van der Waals surface area contributed by atoms with Gasteiger partial charge in [-0.05, 0) is 19.1 Å². The van der Waals surface area contributed by atoms with Crippen LogP contribution in [0.4, 0.5) is 0 Å². The first-order valence-corrected chi connectivity index (χ1v) is 4.88. The number of nitrogens with zero attached hydrogens (tertiary/aromatic N) is 2. The Kier molecular flexibility index (Phi) is 2.63. The largest absolute Gasteiger partial charge is 0.337 e. The molecule has 0 unspecified atom stereocenters. The lowest BCUT2D eigenvalue weighted by Gasteiger charge is -1.92. The number of fused-ring (bicyclic) bond motifs is 1. The number of aliphatic imine (C=N–C) groups is 1. The maximum Gasteiger partial charge on any atom is 0.152 e. The van der Waals surface area contributed by atoms with E-state index in [0.29, 0.717) is 6.54 Å². The van der Waals surface area contributed by atoms with Crippen molar-refractivity contribution >= 4 is 16.7 Å². The van der Waals surface area contributed by atoms with Crippen LogP contribution in [0.3, 0.4) is 0 Å². The molecule has 2 rings (SSSR count). The summed E-state index contributed by atoms with van der Waals surface area (Å²) in [6.07, 6.45) is 1.77. The molecular formula is C12H13N3. The molecule has 1 N–H and O–H groups in total. The first kappa shape index (κ1) is 9.65. The van der Waals surface area contributed by atoms with E-state index >= 15 is 0 Å². The van der Waals surface area contributed by atoms with Crippen LogP contribution in [-0.4, -0.2) is 22.2 Å². The third-order valence-corrected chi connectivity index (χ3v) is 2.19. The fourth-order valence-corrected chi connectivity index (χ4v) is 1.40. The van der Waals surface area contributed by atoms with Crippen LogP contribution >= 0.6 is 0 Å². The molecule has 3 nitrogen and oxygen atoms in total. The van der Waals surface area contributed by atoms with Crippen LogP contribution in [0.25, 0.3) is 11.0 Å². The molecule has 0 radical (unpaired) electrons. The van der Waals surface area contributed by atoms with Crippen molar-refractivity contribution in [2.45, 2.75) is 6.92 Å². The van der Waals surface area contributed by atoms with Crippen molar-refractivity contribution in [1.82, 2.24) is 9.97 Å². The number of hydrogen-bond donors (Lipinski definition) is 1. The quantitative estimate of drug-likeness (QED) is 0.599. The third-order valence-electron chi connectivity index (χ3n) is 2.19. The molecule has 1 heterocycles. The molecule has 15 heavy (non-hydrogen) atoms. The molecule has 0 saturated carbocycles. The van der Waals surface area contributed by atoms with E-state index in [9.17, 15) is 0 Å². The van der Waals surface area contributed by atoms with Crippen molar-refractivity contribution in [1.29, 1.82) is 0 Å². The topological polar surface area (TPSA) is 41.0 Å². The minimum Gasteiger partial charge on any atom is -0.337 e. The monoisotopic (exact) mass is 199 g/mol. The molecule has 0 aliphatic carbocycles. The second-order valence-electron chi connectivity index (χ2n) is 3.32. The fraction of sp³-hybridized carbons (Fsp3) is 0.167. The molecule has 76 valence electrons. The lowest BCUT2D eigenvalue weighted by atomic mass is 10.3. The van der Waals surface area contributed by atoms with Gasteiger partial charge in [-0.25, -0.2) is 4.98 Å². The number of aromatic nitrogens is 2. The van der Waals surface area contributed by atoms with Crippen molar-refractivity contribution in [3.05, 3.63) is 42.7 Å². The van der Waals surface area contributed by atoms with Crippen LogP contribution in [0.5, 0.6) is 0 Å². The molecular weight excluding hydrogens is 186 g/mol. The van der Waals surface area contributed by atoms with E-state index in [1.807, 2.05) is 31.2 Å². The Hall–Kier alpha value is -1.90. The van der Waals surface area contributed by atoms with E-state index in [4.69, 9.17) is 0 Å². The zero-order valence-corrected chi connectivity index (χ0v) is 8.70. The average Bonchev–Trinajstić information content (AvgIpc) is 2.69. The van der Waals surface area contributed by atoms with Crippen LogP contribution in [0.15, 0.2) is 41.9 Å². The van der Waals surface area contributed by atoms with Crippen molar-refractivity contribution in [3.8, 4) is 0 Å². The van der Waals surface area contributed by atoms with Gasteiger partial charge in [-0.15, -0.1) is 6.58 Å². The molecule has 0 spiro atoms. The van der Waals surface area contributed by atoms with Gasteiger partial charge in [-0.3, -0.25) is 4.99 Å². The van der Waals surface area contributed by atoms with Crippen molar-refractivity contribution in [2.24, 2.45) is 4.99 Å². The number of imidazole rings is 1. The molecule has 0 atom stereocenters. The van der Waals surface area contributed by atoms with Gasteiger partial charge in [0, 0.05) is 0 Å². The summed E-state index contributed by atoms with van der Waals surface area (Å²) in [5.41, 5.74) is 2.92. The SMILES string of the molecule is C=CCN=C(C)c1nc2ccccc2[nH]1. The highest BCUT2D eigenvalue weighted by Crippen LogP contribution is 2.10. The zero-order chi connectivity index (χ0) is 10.7. The average molecular weight is 199 g/mol. The molecule has 1 aromatic carbocycles. The summed E-state index contributed by atoms with van der Waals surface area (Å²) in [5.74, 6) is 0.832. The predicted molar refractivity (Wildman–Crippen MR) is 63.4 cm³/mol. The number of H-pyrrole nitrogens is 1. The Labute approximate surface area is 88.6 Å². The van der Waals surface area contributed by atoms with Gasteiger partial charge in [0.05, 0.1) is 23.3 Å². The zero-order valence-electron chi connectivity index (χ0n) is 8.70. The van der Waals surface area contributed by atoms with Crippen molar-refractivity contribution in [3.63, 3.8) is 0 Å². The Bertz CT molecular complexity index is 475. The molecule has 3 heteroatoms. The van der Waals surface area contributed by atoms with Gasteiger partial charge in [0.1, 0.15) is 0 Å².